The highest BCUT2D eigenvalue weighted by atomic mass is 16.5. The van der Waals surface area contributed by atoms with Gasteiger partial charge in [-0.25, -0.2) is 0 Å². The smallest absolute Gasteiger partial charge is 0.257 e. The number of hydrogen-bond donors (Lipinski definition) is 1. The number of nitrogens with one attached hydrogen (secondary N) is 1. The van der Waals surface area contributed by atoms with Gasteiger partial charge in [-0.05, 0) is 13.3 Å². The molecule has 0 aliphatic rings. The molecule has 0 saturated carbocycles. The van der Waals surface area contributed by atoms with Gasteiger partial charge in [0.1, 0.15) is 17.5 Å². The van der Waals surface area contributed by atoms with Crippen LogP contribution in [0, 0.1) is 0 Å². The molecule has 0 aliphatic carbocycles. The number of carbonyl (C=O) groups excluding carboxylic acids is 1. The summed E-state index contributed by atoms with van der Waals surface area (Å²) in [5.74, 6) is -0.138. The van der Waals surface area contributed by atoms with Crippen molar-refractivity contribution in [1.29, 1.82) is 0 Å². The molecule has 4 nitrogen and oxygen atoms in total. The third-order valence-corrected chi connectivity index (χ3v) is 2.96. The lowest BCUT2D eigenvalue weighted by Gasteiger charge is -2.12. The average Bonchev–Trinajstić information content (AvgIpc) is 2.89. The molecule has 100 valence electrons. The first-order chi connectivity index (χ1) is 9.22. The van der Waals surface area contributed by atoms with Crippen LogP contribution in [-0.4, -0.2) is 17.1 Å². The second-order valence-corrected chi connectivity index (χ2v) is 4.61. The van der Waals surface area contributed by atoms with Crippen molar-refractivity contribution in [2.24, 2.45) is 0 Å². The van der Waals surface area contributed by atoms with Crippen LogP contribution < -0.4 is 5.32 Å². The summed E-state index contributed by atoms with van der Waals surface area (Å²) in [6.07, 6.45) is 3.39. The van der Waals surface area contributed by atoms with Crippen LogP contribution in [0.4, 0.5) is 0 Å². The van der Waals surface area contributed by atoms with Crippen molar-refractivity contribution in [1.82, 2.24) is 10.5 Å². The minimum Gasteiger partial charge on any atom is -0.363 e. The predicted octanol–water partition coefficient (Wildman–Crippen LogP) is 3.26. The standard InChI is InChI=1S/C15H18N2O2/c1-3-7-11(2)16-15(18)13-10-19-17-14(13)12-8-5-4-6-9-12/h4-6,8-11H,3,7H2,1-2H3,(H,16,18). The quantitative estimate of drug-likeness (QED) is 0.895. The van der Waals surface area contributed by atoms with Gasteiger partial charge in [0.2, 0.25) is 0 Å². The van der Waals surface area contributed by atoms with Crippen LogP contribution >= 0.6 is 0 Å². The molecule has 0 bridgehead atoms. The van der Waals surface area contributed by atoms with Crippen LogP contribution in [0.5, 0.6) is 0 Å². The zero-order valence-corrected chi connectivity index (χ0v) is 11.2. The van der Waals surface area contributed by atoms with Crippen molar-refractivity contribution < 1.29 is 9.32 Å². The molecule has 1 aromatic heterocycles. The van der Waals surface area contributed by atoms with Crippen molar-refractivity contribution >= 4 is 5.91 Å². The number of benzene rings is 1. The van der Waals surface area contributed by atoms with Crippen LogP contribution in [0.25, 0.3) is 11.3 Å². The summed E-state index contributed by atoms with van der Waals surface area (Å²) >= 11 is 0. The first kappa shape index (κ1) is 13.3. The highest BCUT2D eigenvalue weighted by Crippen LogP contribution is 2.21. The molecule has 1 N–H and O–H groups in total. The van der Waals surface area contributed by atoms with Crippen LogP contribution in [0.3, 0.4) is 0 Å². The molecule has 1 heterocycles. The van der Waals surface area contributed by atoms with E-state index in [9.17, 15) is 4.79 Å². The van der Waals surface area contributed by atoms with E-state index in [2.05, 4.69) is 17.4 Å². The molecule has 2 aromatic rings. The number of amides is 1. The third kappa shape index (κ3) is 3.22. The summed E-state index contributed by atoms with van der Waals surface area (Å²) in [6, 6.07) is 9.70. The zero-order chi connectivity index (χ0) is 13.7. The number of nitrogens with zero attached hydrogens (tertiary/aromatic N) is 1. The van der Waals surface area contributed by atoms with E-state index in [4.69, 9.17) is 4.52 Å². The minimum atomic E-state index is -0.138. The number of rotatable bonds is 5. The second kappa shape index (κ2) is 6.18. The highest BCUT2D eigenvalue weighted by Gasteiger charge is 2.18. The molecule has 2 rings (SSSR count). The van der Waals surface area contributed by atoms with Gasteiger partial charge in [0.05, 0.1) is 0 Å². The Morgan fingerprint density at radius 2 is 2.11 bits per heavy atom. The molecule has 1 atom stereocenters. The maximum Gasteiger partial charge on any atom is 0.257 e. The van der Waals surface area contributed by atoms with Gasteiger partial charge in [0, 0.05) is 11.6 Å². The fraction of sp³-hybridized carbons (Fsp3) is 0.333. The van der Waals surface area contributed by atoms with Gasteiger partial charge in [-0.1, -0.05) is 48.8 Å². The summed E-state index contributed by atoms with van der Waals surface area (Å²) in [7, 11) is 0. The summed E-state index contributed by atoms with van der Waals surface area (Å²) < 4.78 is 4.95. The Labute approximate surface area is 112 Å². The van der Waals surface area contributed by atoms with E-state index in [1.807, 2.05) is 37.3 Å². The van der Waals surface area contributed by atoms with Gasteiger partial charge in [-0.15, -0.1) is 0 Å². The molecule has 0 spiro atoms. The first-order valence-electron chi connectivity index (χ1n) is 6.53. The van der Waals surface area contributed by atoms with Gasteiger partial charge in [0.25, 0.3) is 5.91 Å². The Morgan fingerprint density at radius 1 is 1.37 bits per heavy atom. The van der Waals surface area contributed by atoms with Crippen molar-refractivity contribution in [3.8, 4) is 11.3 Å². The first-order valence-corrected chi connectivity index (χ1v) is 6.53. The van der Waals surface area contributed by atoms with E-state index in [-0.39, 0.29) is 11.9 Å². The molecule has 19 heavy (non-hydrogen) atoms. The normalized spacial score (nSPS) is 12.1. The number of hydrogen-bond acceptors (Lipinski definition) is 3. The van der Waals surface area contributed by atoms with Crippen LogP contribution in [0.15, 0.2) is 41.1 Å². The van der Waals surface area contributed by atoms with Crippen molar-refractivity contribution in [3.05, 3.63) is 42.2 Å². The third-order valence-electron chi connectivity index (χ3n) is 2.96. The van der Waals surface area contributed by atoms with Crippen molar-refractivity contribution in [3.63, 3.8) is 0 Å². The van der Waals surface area contributed by atoms with E-state index in [1.54, 1.807) is 0 Å². The Kier molecular flexibility index (Phi) is 4.34. The van der Waals surface area contributed by atoms with E-state index >= 15 is 0 Å². The molecule has 1 aromatic carbocycles. The fourth-order valence-electron chi connectivity index (χ4n) is 2.01. The molecule has 4 heteroatoms. The van der Waals surface area contributed by atoms with Gasteiger partial charge in [-0.2, -0.15) is 0 Å². The molecular weight excluding hydrogens is 240 g/mol. The van der Waals surface area contributed by atoms with E-state index < -0.39 is 0 Å². The monoisotopic (exact) mass is 258 g/mol. The van der Waals surface area contributed by atoms with Gasteiger partial charge in [-0.3, -0.25) is 4.79 Å². The molecule has 1 unspecified atom stereocenters. The molecule has 0 saturated heterocycles. The van der Waals surface area contributed by atoms with E-state index in [0.717, 1.165) is 18.4 Å². The topological polar surface area (TPSA) is 55.1 Å². The molecule has 0 aliphatic heterocycles. The Bertz CT molecular complexity index is 534. The number of aromatic nitrogens is 1. The lowest BCUT2D eigenvalue weighted by molar-refractivity contribution is 0.0938. The minimum absolute atomic E-state index is 0.138. The maximum absolute atomic E-state index is 12.2. The SMILES string of the molecule is CCCC(C)NC(=O)c1conc1-c1ccccc1. The van der Waals surface area contributed by atoms with Gasteiger partial charge >= 0.3 is 0 Å². The summed E-state index contributed by atoms with van der Waals surface area (Å²) in [6.45, 7) is 4.09. The molecule has 0 radical (unpaired) electrons. The Balaban J connectivity index is 2.18. The molecule has 0 fully saturated rings. The van der Waals surface area contributed by atoms with Crippen LogP contribution in [0.1, 0.15) is 37.0 Å². The summed E-state index contributed by atoms with van der Waals surface area (Å²) in [5, 5.41) is 6.88. The zero-order valence-electron chi connectivity index (χ0n) is 11.2. The van der Waals surface area contributed by atoms with Crippen LogP contribution in [0.2, 0.25) is 0 Å². The van der Waals surface area contributed by atoms with E-state index in [1.165, 1.54) is 6.26 Å². The van der Waals surface area contributed by atoms with E-state index in [0.29, 0.717) is 11.3 Å². The molecular formula is C15H18N2O2. The lowest BCUT2D eigenvalue weighted by Crippen LogP contribution is -2.32. The summed E-state index contributed by atoms with van der Waals surface area (Å²) in [5.41, 5.74) is 1.94. The van der Waals surface area contributed by atoms with Crippen molar-refractivity contribution in [2.75, 3.05) is 0 Å². The van der Waals surface area contributed by atoms with Crippen molar-refractivity contribution in [2.45, 2.75) is 32.7 Å². The fourth-order valence-corrected chi connectivity index (χ4v) is 2.01. The predicted molar refractivity (Wildman–Crippen MR) is 73.8 cm³/mol. The summed E-state index contributed by atoms with van der Waals surface area (Å²) in [4.78, 5) is 12.2. The lowest BCUT2D eigenvalue weighted by atomic mass is 10.1. The maximum atomic E-state index is 12.2. The Morgan fingerprint density at radius 3 is 2.79 bits per heavy atom. The van der Waals surface area contributed by atoms with Crippen LogP contribution in [-0.2, 0) is 0 Å². The Hall–Kier alpha value is -2.10. The molecule has 1 amide bonds. The second-order valence-electron chi connectivity index (χ2n) is 4.61. The average molecular weight is 258 g/mol. The van der Waals surface area contributed by atoms with Gasteiger partial charge < -0.3 is 9.84 Å². The highest BCUT2D eigenvalue weighted by molar-refractivity contribution is 5.99. The van der Waals surface area contributed by atoms with Gasteiger partial charge in [0.15, 0.2) is 0 Å². The number of carbonyl (C=O) groups is 1. The largest absolute Gasteiger partial charge is 0.363 e.